The van der Waals surface area contributed by atoms with Crippen molar-refractivity contribution in [1.82, 2.24) is 15.5 Å². The molecular formula is C21H27N3O7. The van der Waals surface area contributed by atoms with Crippen LogP contribution in [0.25, 0.3) is 0 Å². The number of carbonyl (C=O) groups excluding carboxylic acids is 4. The number of amides is 4. The van der Waals surface area contributed by atoms with E-state index in [0.29, 0.717) is 4.90 Å². The fourth-order valence-corrected chi connectivity index (χ4v) is 3.05. The van der Waals surface area contributed by atoms with Gasteiger partial charge in [0.15, 0.2) is 0 Å². The van der Waals surface area contributed by atoms with Crippen LogP contribution >= 0.6 is 0 Å². The molecule has 1 aromatic rings. The van der Waals surface area contributed by atoms with Crippen molar-refractivity contribution in [3.63, 3.8) is 0 Å². The summed E-state index contributed by atoms with van der Waals surface area (Å²) in [5.74, 6) is -3.37. The summed E-state index contributed by atoms with van der Waals surface area (Å²) in [6.07, 6.45) is -0.678. The Morgan fingerprint density at radius 2 is 1.84 bits per heavy atom. The summed E-state index contributed by atoms with van der Waals surface area (Å²) < 4.78 is 5.23. The van der Waals surface area contributed by atoms with E-state index in [1.165, 1.54) is 0 Å². The number of nitrogens with one attached hydrogen (secondary N) is 2. The molecule has 0 bridgehead atoms. The van der Waals surface area contributed by atoms with Crippen molar-refractivity contribution in [2.75, 3.05) is 6.54 Å². The molecule has 1 aliphatic heterocycles. The fraction of sp³-hybridized carbons (Fsp3) is 0.476. The van der Waals surface area contributed by atoms with Gasteiger partial charge in [-0.1, -0.05) is 30.3 Å². The van der Waals surface area contributed by atoms with Gasteiger partial charge in [0.25, 0.3) is 5.91 Å². The lowest BCUT2D eigenvalue weighted by atomic mass is 10.0. The Hall–Kier alpha value is -3.43. The number of carboxylic acids is 1. The van der Waals surface area contributed by atoms with Crippen molar-refractivity contribution in [1.29, 1.82) is 0 Å². The van der Waals surface area contributed by atoms with Gasteiger partial charge in [-0.05, 0) is 32.8 Å². The average molecular weight is 433 g/mol. The molecule has 2 rings (SSSR count). The monoisotopic (exact) mass is 433 g/mol. The van der Waals surface area contributed by atoms with E-state index in [1.807, 2.05) is 6.07 Å². The van der Waals surface area contributed by atoms with E-state index in [2.05, 4.69) is 10.6 Å². The van der Waals surface area contributed by atoms with Crippen molar-refractivity contribution < 1.29 is 33.8 Å². The first-order valence-electron chi connectivity index (χ1n) is 9.86. The van der Waals surface area contributed by atoms with E-state index >= 15 is 0 Å². The number of nitrogens with zero attached hydrogens (tertiary/aromatic N) is 1. The van der Waals surface area contributed by atoms with E-state index in [9.17, 15) is 24.0 Å². The highest BCUT2D eigenvalue weighted by atomic mass is 16.6. The number of hydrogen-bond acceptors (Lipinski definition) is 6. The van der Waals surface area contributed by atoms with Crippen LogP contribution in [0, 0.1) is 0 Å². The number of alkyl carbamates (subject to hydrolysis) is 1. The van der Waals surface area contributed by atoms with Gasteiger partial charge in [0.05, 0.1) is 0 Å². The van der Waals surface area contributed by atoms with Crippen LogP contribution in [0.4, 0.5) is 4.79 Å². The molecule has 1 saturated heterocycles. The molecule has 1 aliphatic rings. The predicted molar refractivity (Wildman–Crippen MR) is 109 cm³/mol. The maximum Gasteiger partial charge on any atom is 0.408 e. The highest BCUT2D eigenvalue weighted by Gasteiger charge is 2.37. The number of carboxylic acid groups (broad SMARTS) is 1. The van der Waals surface area contributed by atoms with Gasteiger partial charge in [0, 0.05) is 12.8 Å². The fourth-order valence-electron chi connectivity index (χ4n) is 3.05. The maximum atomic E-state index is 12.9. The third-order valence-electron chi connectivity index (χ3n) is 4.41. The number of rotatable bonds is 7. The van der Waals surface area contributed by atoms with Crippen LogP contribution in [0.5, 0.6) is 0 Å². The van der Waals surface area contributed by atoms with Gasteiger partial charge in [0.1, 0.15) is 24.2 Å². The molecule has 3 N–H and O–H groups in total. The average Bonchev–Trinajstić information content (AvgIpc) is 2.66. The Labute approximate surface area is 179 Å². The van der Waals surface area contributed by atoms with Crippen LogP contribution in [-0.4, -0.2) is 64.0 Å². The number of hydrogen-bond donors (Lipinski definition) is 3. The van der Waals surface area contributed by atoms with E-state index in [1.54, 1.807) is 45.0 Å². The zero-order valence-electron chi connectivity index (χ0n) is 17.7. The molecule has 31 heavy (non-hydrogen) atoms. The first-order valence-corrected chi connectivity index (χ1v) is 9.86. The number of benzene rings is 1. The molecule has 1 fully saturated rings. The van der Waals surface area contributed by atoms with Crippen LogP contribution in [0.2, 0.25) is 0 Å². The lowest BCUT2D eigenvalue weighted by Crippen LogP contribution is -2.59. The maximum absolute atomic E-state index is 12.9. The summed E-state index contributed by atoms with van der Waals surface area (Å²) in [5, 5.41) is 14.0. The number of ether oxygens (including phenoxy) is 1. The summed E-state index contributed by atoms with van der Waals surface area (Å²) in [4.78, 5) is 61.1. The highest BCUT2D eigenvalue weighted by Crippen LogP contribution is 2.14. The molecule has 168 valence electrons. The first-order chi connectivity index (χ1) is 14.5. The Morgan fingerprint density at radius 1 is 1.19 bits per heavy atom. The molecular weight excluding hydrogens is 406 g/mol. The zero-order valence-corrected chi connectivity index (χ0v) is 17.7. The van der Waals surface area contributed by atoms with E-state index in [4.69, 9.17) is 9.84 Å². The molecule has 1 heterocycles. The molecule has 10 heteroatoms. The predicted octanol–water partition coefficient (Wildman–Crippen LogP) is 0.841. The third-order valence-corrected chi connectivity index (χ3v) is 4.41. The summed E-state index contributed by atoms with van der Waals surface area (Å²) in [5.41, 5.74) is 0.00545. The minimum Gasteiger partial charge on any atom is -0.480 e. The number of aliphatic carboxylic acids is 1. The first kappa shape index (κ1) is 23.8. The van der Waals surface area contributed by atoms with Gasteiger partial charge in [-0.3, -0.25) is 24.1 Å². The molecule has 0 aliphatic carbocycles. The Morgan fingerprint density at radius 3 is 2.42 bits per heavy atom. The number of imide groups is 1. The van der Waals surface area contributed by atoms with Gasteiger partial charge < -0.3 is 20.5 Å². The molecule has 10 nitrogen and oxygen atoms in total. The third kappa shape index (κ3) is 7.40. The van der Waals surface area contributed by atoms with E-state index in [-0.39, 0.29) is 19.3 Å². The second-order valence-corrected chi connectivity index (χ2v) is 8.20. The summed E-state index contributed by atoms with van der Waals surface area (Å²) in [7, 11) is 0. The van der Waals surface area contributed by atoms with Gasteiger partial charge in [-0.2, -0.15) is 0 Å². The van der Waals surface area contributed by atoms with Crippen LogP contribution in [0.3, 0.4) is 0 Å². The van der Waals surface area contributed by atoms with E-state index in [0.717, 1.165) is 5.56 Å². The molecule has 4 amide bonds. The quantitative estimate of drug-likeness (QED) is 0.541. The van der Waals surface area contributed by atoms with Crippen LogP contribution in [0.1, 0.15) is 39.2 Å². The minimum absolute atomic E-state index is 0.0457. The van der Waals surface area contributed by atoms with Crippen LogP contribution in [-0.2, 0) is 30.3 Å². The number of carbonyl (C=O) groups is 5. The summed E-state index contributed by atoms with van der Waals surface area (Å²) in [6, 6.07) is 6.86. The van der Waals surface area contributed by atoms with Gasteiger partial charge >= 0.3 is 12.1 Å². The number of likely N-dealkylation sites (tertiary alicyclic amines) is 1. The SMILES string of the molecule is CC(C)(C)OC(=O)N[C@@H](Cc1ccccc1)C(=O)N[C@H]1CCC(=O)N(CC(=O)O)C1=O. The standard InChI is InChI=1S/C21H27N3O7/c1-21(2,3)31-20(30)23-15(11-13-7-5-4-6-8-13)18(28)22-14-9-10-16(25)24(19(14)29)12-17(26)27/h4-8,14-15H,9-12H2,1-3H3,(H,22,28)(H,23,30)(H,26,27)/t14-,15-/m0/s1. The highest BCUT2D eigenvalue weighted by molar-refractivity contribution is 6.04. The van der Waals surface area contributed by atoms with E-state index < -0.39 is 54.0 Å². The van der Waals surface area contributed by atoms with Crippen molar-refractivity contribution in [3.05, 3.63) is 35.9 Å². The minimum atomic E-state index is -1.33. The molecule has 2 atom stereocenters. The lowest BCUT2D eigenvalue weighted by Gasteiger charge is -2.31. The van der Waals surface area contributed by atoms with Crippen molar-refractivity contribution in [2.24, 2.45) is 0 Å². The van der Waals surface area contributed by atoms with Crippen LogP contribution in [0.15, 0.2) is 30.3 Å². The van der Waals surface area contributed by atoms with Crippen LogP contribution < -0.4 is 10.6 Å². The molecule has 0 unspecified atom stereocenters. The molecule has 1 aromatic carbocycles. The molecule has 0 radical (unpaired) electrons. The Kier molecular flexibility index (Phi) is 7.73. The van der Waals surface area contributed by atoms with Gasteiger partial charge in [0.2, 0.25) is 11.8 Å². The molecule has 0 aromatic heterocycles. The second kappa shape index (κ2) is 10.1. The smallest absolute Gasteiger partial charge is 0.408 e. The Bertz CT molecular complexity index is 848. The number of piperidine rings is 1. The van der Waals surface area contributed by atoms with Crippen molar-refractivity contribution >= 4 is 29.8 Å². The van der Waals surface area contributed by atoms with Crippen molar-refractivity contribution in [2.45, 2.75) is 57.7 Å². The van der Waals surface area contributed by atoms with Gasteiger partial charge in [-0.25, -0.2) is 4.79 Å². The topological polar surface area (TPSA) is 142 Å². The summed E-state index contributed by atoms with van der Waals surface area (Å²) in [6.45, 7) is 4.29. The second-order valence-electron chi connectivity index (χ2n) is 8.20. The van der Waals surface area contributed by atoms with Gasteiger partial charge in [-0.15, -0.1) is 0 Å². The van der Waals surface area contributed by atoms with Crippen molar-refractivity contribution in [3.8, 4) is 0 Å². The lowest BCUT2D eigenvalue weighted by molar-refractivity contribution is -0.156. The Balaban J connectivity index is 2.13. The zero-order chi connectivity index (χ0) is 23.2. The molecule has 0 spiro atoms. The largest absolute Gasteiger partial charge is 0.480 e. The summed E-state index contributed by atoms with van der Waals surface area (Å²) >= 11 is 0. The normalized spacial score (nSPS) is 17.6. The molecule has 0 saturated carbocycles.